The number of likely N-dealkylation sites (tertiary alicyclic amines) is 1. The Balaban J connectivity index is 1.29. The highest BCUT2D eigenvalue weighted by Gasteiger charge is 2.68. The van der Waals surface area contributed by atoms with Gasteiger partial charge in [-0.25, -0.2) is 4.79 Å². The number of piperidine rings is 1. The molecule has 6 rings (SSSR count). The van der Waals surface area contributed by atoms with Crippen LogP contribution in [0.4, 0.5) is 4.79 Å². The number of carbonyl (C=O) groups is 2. The summed E-state index contributed by atoms with van der Waals surface area (Å²) in [5, 5.41) is 12.2. The van der Waals surface area contributed by atoms with Gasteiger partial charge >= 0.3 is 13.1 Å². The van der Waals surface area contributed by atoms with E-state index < -0.39 is 7.12 Å². The molecule has 0 radical (unpaired) electrons. The van der Waals surface area contributed by atoms with Gasteiger partial charge in [-0.05, 0) is 68.3 Å². The van der Waals surface area contributed by atoms with E-state index in [9.17, 15) is 9.59 Å². The molecule has 6 atom stereocenters. The number of urea groups is 1. The van der Waals surface area contributed by atoms with Gasteiger partial charge < -0.3 is 24.4 Å². The summed E-state index contributed by atoms with van der Waals surface area (Å²) in [5.74, 6) is 0.599. The van der Waals surface area contributed by atoms with Crippen LogP contribution >= 0.6 is 0 Å². The van der Waals surface area contributed by atoms with Crippen molar-refractivity contribution in [3.63, 3.8) is 0 Å². The number of likely N-dealkylation sites (N-methyl/N-ethyl adjacent to an activating group) is 1. The number of rotatable bonds is 7. The molecule has 2 bridgehead atoms. The predicted octanol–water partition coefficient (Wildman–Crippen LogP) is 3.80. The summed E-state index contributed by atoms with van der Waals surface area (Å²) < 4.78 is 13.3. The van der Waals surface area contributed by atoms with Crippen LogP contribution in [-0.4, -0.2) is 72.7 Å². The lowest BCUT2D eigenvalue weighted by Gasteiger charge is -2.64. The second-order valence-electron chi connectivity index (χ2n) is 12.5. The molecule has 1 N–H and O–H groups in total. The zero-order valence-electron chi connectivity index (χ0n) is 23.2. The fourth-order valence-corrected chi connectivity index (χ4v) is 7.51. The Bertz CT molecular complexity index is 1080. The average Bonchev–Trinajstić information content (AvgIpc) is 3.26. The number of carbonyl (C=O) groups excluding carboxylic acids is 2. The van der Waals surface area contributed by atoms with Gasteiger partial charge in [-0.1, -0.05) is 44.2 Å². The maximum absolute atomic E-state index is 13.5. The van der Waals surface area contributed by atoms with Crippen LogP contribution in [-0.2, 0) is 20.5 Å². The summed E-state index contributed by atoms with van der Waals surface area (Å²) in [5.41, 5.74) is 1.01. The SMILES string of the molecule is CN(C[C@H]1CCCCN1C(=O)CC#N)C(=O)N[C@@H](Cc1ccccc1)B1O[C@@H]2C[C@@H]3C[C@@H](C3(C)C)[C@]2(C)O1. The average molecular weight is 520 g/mol. The number of hydrogen-bond donors (Lipinski definition) is 1. The summed E-state index contributed by atoms with van der Waals surface area (Å²) in [6.45, 7) is 7.95. The van der Waals surface area contributed by atoms with Gasteiger partial charge in [0, 0.05) is 26.2 Å². The number of hydrogen-bond acceptors (Lipinski definition) is 5. The fraction of sp³-hybridized carbons (Fsp3) is 0.690. The molecule has 2 saturated heterocycles. The van der Waals surface area contributed by atoms with Crippen LogP contribution in [0.2, 0.25) is 0 Å². The van der Waals surface area contributed by atoms with E-state index in [0.717, 1.165) is 31.2 Å². The molecule has 3 aliphatic carbocycles. The fourth-order valence-electron chi connectivity index (χ4n) is 7.51. The van der Waals surface area contributed by atoms with Gasteiger partial charge in [-0.3, -0.25) is 4.79 Å². The van der Waals surface area contributed by atoms with Gasteiger partial charge in [-0.2, -0.15) is 5.26 Å². The van der Waals surface area contributed by atoms with Gasteiger partial charge in [0.05, 0.1) is 23.7 Å². The Kier molecular flexibility index (Phi) is 7.49. The van der Waals surface area contributed by atoms with Crippen LogP contribution in [0.25, 0.3) is 0 Å². The molecule has 1 aromatic carbocycles. The quantitative estimate of drug-likeness (QED) is 0.552. The van der Waals surface area contributed by atoms with Crippen LogP contribution in [0.5, 0.6) is 0 Å². The molecule has 0 aromatic heterocycles. The van der Waals surface area contributed by atoms with Crippen molar-refractivity contribution in [2.24, 2.45) is 17.3 Å². The van der Waals surface area contributed by atoms with E-state index in [-0.39, 0.29) is 47.5 Å². The van der Waals surface area contributed by atoms with E-state index in [0.29, 0.717) is 31.3 Å². The van der Waals surface area contributed by atoms with E-state index in [1.54, 1.807) is 16.8 Å². The number of nitriles is 1. The van der Waals surface area contributed by atoms with Crippen LogP contribution in [0.1, 0.15) is 64.9 Å². The molecule has 204 valence electrons. The molecular weight excluding hydrogens is 479 g/mol. The minimum absolute atomic E-state index is 0.0409. The molecule has 3 amide bonds. The van der Waals surface area contributed by atoms with E-state index >= 15 is 0 Å². The Labute approximate surface area is 227 Å². The standard InChI is InChI=1S/C29H41BN4O4/c1-28(2)21-17-23(28)29(3)24(18-21)37-30(38-29)25(16-20-10-6-5-7-11-20)32-27(36)33(4)19-22-12-8-9-15-34(22)26(35)13-14-31/h5-7,10-11,21-25H,8-9,12-13,15-19H2,1-4H3,(H,32,36)/t21-,22+,23-,24+,25-,29-/m0/s1. The largest absolute Gasteiger partial charge is 0.482 e. The Morgan fingerprint density at radius 1 is 1.24 bits per heavy atom. The van der Waals surface area contributed by atoms with E-state index in [4.69, 9.17) is 14.6 Å². The van der Waals surface area contributed by atoms with Crippen molar-refractivity contribution in [2.75, 3.05) is 20.1 Å². The summed E-state index contributed by atoms with van der Waals surface area (Å²) >= 11 is 0. The highest BCUT2D eigenvalue weighted by molar-refractivity contribution is 6.48. The van der Waals surface area contributed by atoms with Gasteiger partial charge in [0.15, 0.2) is 0 Å². The van der Waals surface area contributed by atoms with Crippen molar-refractivity contribution in [3.8, 4) is 6.07 Å². The monoisotopic (exact) mass is 520 g/mol. The van der Waals surface area contributed by atoms with E-state index in [1.165, 1.54) is 6.42 Å². The van der Waals surface area contributed by atoms with E-state index in [1.807, 2.05) is 24.3 Å². The molecule has 2 heterocycles. The molecule has 8 nitrogen and oxygen atoms in total. The first-order valence-electron chi connectivity index (χ1n) is 14.2. The molecule has 0 unspecified atom stereocenters. The van der Waals surface area contributed by atoms with Crippen molar-refractivity contribution in [1.29, 1.82) is 5.26 Å². The molecular formula is C29H41BN4O4. The van der Waals surface area contributed by atoms with Gasteiger partial charge in [0.2, 0.25) is 5.91 Å². The first-order valence-corrected chi connectivity index (χ1v) is 14.2. The van der Waals surface area contributed by atoms with Crippen LogP contribution in [0.3, 0.4) is 0 Å². The Morgan fingerprint density at radius 3 is 2.71 bits per heavy atom. The highest BCUT2D eigenvalue weighted by Crippen LogP contribution is 2.65. The number of nitrogens with one attached hydrogen (secondary N) is 1. The minimum Gasteiger partial charge on any atom is -0.404 e. The zero-order valence-corrected chi connectivity index (χ0v) is 23.2. The first kappa shape index (κ1) is 27.0. The lowest BCUT2D eigenvalue weighted by atomic mass is 9.43. The molecule has 2 aliphatic heterocycles. The molecule has 1 aromatic rings. The lowest BCUT2D eigenvalue weighted by Crippen LogP contribution is -2.65. The maximum Gasteiger partial charge on any atom is 0.482 e. The third-order valence-corrected chi connectivity index (χ3v) is 9.91. The molecule has 5 aliphatic rings. The third-order valence-electron chi connectivity index (χ3n) is 9.91. The molecule has 5 fully saturated rings. The lowest BCUT2D eigenvalue weighted by molar-refractivity contribution is -0.199. The molecule has 3 saturated carbocycles. The summed E-state index contributed by atoms with van der Waals surface area (Å²) in [6.07, 6.45) is 5.46. The van der Waals surface area contributed by atoms with Crippen LogP contribution in [0, 0.1) is 28.6 Å². The smallest absolute Gasteiger partial charge is 0.404 e. The predicted molar refractivity (Wildman–Crippen MR) is 145 cm³/mol. The van der Waals surface area contributed by atoms with Crippen molar-refractivity contribution in [1.82, 2.24) is 15.1 Å². The van der Waals surface area contributed by atoms with Crippen LogP contribution in [0.15, 0.2) is 30.3 Å². The van der Waals surface area contributed by atoms with Gasteiger partial charge in [0.1, 0.15) is 6.42 Å². The second kappa shape index (κ2) is 10.5. The number of benzene rings is 1. The number of amides is 3. The molecule has 0 spiro atoms. The summed E-state index contributed by atoms with van der Waals surface area (Å²) in [4.78, 5) is 29.4. The Morgan fingerprint density at radius 2 is 2.00 bits per heavy atom. The van der Waals surface area contributed by atoms with Crippen molar-refractivity contribution in [3.05, 3.63) is 35.9 Å². The normalized spacial score (nSPS) is 32.0. The van der Waals surface area contributed by atoms with Crippen molar-refractivity contribution in [2.45, 2.75) is 89.4 Å². The highest BCUT2D eigenvalue weighted by atomic mass is 16.7. The van der Waals surface area contributed by atoms with Crippen molar-refractivity contribution < 1.29 is 18.9 Å². The van der Waals surface area contributed by atoms with Crippen molar-refractivity contribution >= 4 is 19.1 Å². The Hall–Kier alpha value is -2.57. The summed E-state index contributed by atoms with van der Waals surface area (Å²) in [6, 6.07) is 11.8. The van der Waals surface area contributed by atoms with Gasteiger partial charge in [-0.15, -0.1) is 0 Å². The maximum atomic E-state index is 13.5. The third kappa shape index (κ3) is 4.93. The van der Waals surface area contributed by atoms with E-state index in [2.05, 4.69) is 38.2 Å². The first-order chi connectivity index (χ1) is 18.1. The van der Waals surface area contributed by atoms with Crippen LogP contribution < -0.4 is 5.32 Å². The topological polar surface area (TPSA) is 94.9 Å². The molecule has 38 heavy (non-hydrogen) atoms. The number of nitrogens with zero attached hydrogens (tertiary/aromatic N) is 3. The minimum atomic E-state index is -0.527. The molecule has 9 heteroatoms. The zero-order chi connectivity index (χ0) is 27.1. The summed E-state index contributed by atoms with van der Waals surface area (Å²) in [7, 11) is 1.24. The second-order valence-corrected chi connectivity index (χ2v) is 12.5. The van der Waals surface area contributed by atoms with Gasteiger partial charge in [0.25, 0.3) is 0 Å².